The molecular formula is C21H25F2N5O3S. The third-order valence-corrected chi connectivity index (χ3v) is 6.21. The fraction of sp³-hybridized carbons (Fsp3) is 0.429. The van der Waals surface area contributed by atoms with Gasteiger partial charge in [0.2, 0.25) is 5.88 Å². The quantitative estimate of drug-likeness (QED) is 0.622. The Hall–Kier alpha value is -2.79. The first-order valence-electron chi connectivity index (χ1n) is 9.79. The van der Waals surface area contributed by atoms with E-state index in [2.05, 4.69) is 26.9 Å². The van der Waals surface area contributed by atoms with Crippen molar-refractivity contribution in [3.8, 4) is 5.88 Å². The molecule has 0 aromatic carbocycles. The molecule has 1 fully saturated rings. The number of nitrogens with two attached hydrogens (primary N) is 1. The molecule has 3 rings (SSSR count). The maximum absolute atomic E-state index is 16.1. The second-order valence-electron chi connectivity index (χ2n) is 7.64. The van der Waals surface area contributed by atoms with Gasteiger partial charge >= 0.3 is 0 Å². The molecule has 1 amide bonds. The first-order valence-corrected chi connectivity index (χ1v) is 10.8. The summed E-state index contributed by atoms with van der Waals surface area (Å²) in [6.07, 6.45) is 4.76. The number of amides is 1. The van der Waals surface area contributed by atoms with Gasteiger partial charge in [-0.15, -0.1) is 0 Å². The summed E-state index contributed by atoms with van der Waals surface area (Å²) in [5.74, 6) is -0.897. The van der Waals surface area contributed by atoms with Crippen molar-refractivity contribution in [1.82, 2.24) is 15.3 Å². The van der Waals surface area contributed by atoms with Crippen molar-refractivity contribution >= 4 is 22.8 Å². The highest BCUT2D eigenvalue weighted by Gasteiger charge is 2.59. The molecule has 0 radical (unpaired) electrons. The average Bonchev–Trinajstić information content (AvgIpc) is 2.73. The van der Waals surface area contributed by atoms with E-state index in [9.17, 15) is 9.18 Å². The molecule has 0 aliphatic carbocycles. The van der Waals surface area contributed by atoms with Gasteiger partial charge < -0.3 is 20.5 Å². The third kappa shape index (κ3) is 4.83. The maximum Gasteiger partial charge on any atom is 0.275 e. The molecule has 2 aliphatic rings. The van der Waals surface area contributed by atoms with E-state index in [0.29, 0.717) is 0 Å². The van der Waals surface area contributed by atoms with E-state index in [1.807, 2.05) is 0 Å². The zero-order chi connectivity index (χ0) is 23.5. The van der Waals surface area contributed by atoms with Gasteiger partial charge in [0, 0.05) is 17.9 Å². The van der Waals surface area contributed by atoms with E-state index in [-0.39, 0.29) is 52.9 Å². The molecule has 2 aliphatic heterocycles. The van der Waals surface area contributed by atoms with E-state index < -0.39 is 22.9 Å². The zero-order valence-electron chi connectivity index (χ0n) is 18.0. The Labute approximate surface area is 189 Å². The summed E-state index contributed by atoms with van der Waals surface area (Å²) in [7, 11) is 1.42. The number of ether oxygens (including phenoxy) is 2. The number of allylic oxidation sites excluding steroid dienone is 2. The number of amidine groups is 1. The van der Waals surface area contributed by atoms with Gasteiger partial charge in [0.25, 0.3) is 5.91 Å². The molecule has 1 saturated heterocycles. The first-order chi connectivity index (χ1) is 15.1. The van der Waals surface area contributed by atoms with Crippen molar-refractivity contribution in [3.05, 3.63) is 53.9 Å². The summed E-state index contributed by atoms with van der Waals surface area (Å²) in [4.78, 5) is 24.9. The Morgan fingerprint density at radius 3 is 2.81 bits per heavy atom. The summed E-state index contributed by atoms with van der Waals surface area (Å²) in [5, 5.41) is 2.76. The molecule has 3 N–H and O–H groups in total. The predicted molar refractivity (Wildman–Crippen MR) is 119 cm³/mol. The second-order valence-corrected chi connectivity index (χ2v) is 8.64. The van der Waals surface area contributed by atoms with Crippen LogP contribution in [0.3, 0.4) is 0 Å². The number of thioether (sulfide) groups is 1. The number of carbonyl (C=O) groups excluding carboxylic acids is 1. The van der Waals surface area contributed by atoms with Gasteiger partial charge in [-0.25, -0.2) is 23.7 Å². The van der Waals surface area contributed by atoms with Gasteiger partial charge in [-0.3, -0.25) is 4.79 Å². The number of fused-ring (bicyclic) bond motifs is 1. The molecule has 1 aromatic heterocycles. The first kappa shape index (κ1) is 23.9. The number of hydrogen-bond acceptors (Lipinski definition) is 8. The number of nitrogens with zero attached hydrogens (tertiary/aromatic N) is 3. The molecule has 3 heterocycles. The lowest BCUT2D eigenvalue weighted by Gasteiger charge is -2.50. The summed E-state index contributed by atoms with van der Waals surface area (Å²) in [6.45, 7) is 6.91. The number of methoxy groups -OCH3 is 1. The minimum atomic E-state index is -1.77. The van der Waals surface area contributed by atoms with Crippen LogP contribution < -0.4 is 15.8 Å². The number of hydrogen-bond donors (Lipinski definition) is 2. The predicted octanol–water partition coefficient (Wildman–Crippen LogP) is 2.85. The summed E-state index contributed by atoms with van der Waals surface area (Å²) in [5.41, 5.74) is 2.88. The van der Waals surface area contributed by atoms with Gasteiger partial charge in [-0.05, 0) is 31.6 Å². The van der Waals surface area contributed by atoms with E-state index >= 15 is 4.39 Å². The highest BCUT2D eigenvalue weighted by Crippen LogP contribution is 2.49. The SMILES string of the molecule is C=C(/C=C(\C=C(/C)F)NC(=O)c1cnc(OC)cn1)[C@]12CO[C@@H](C)C[C@@]1(F)CSC(N)=N2. The van der Waals surface area contributed by atoms with E-state index in [0.717, 1.165) is 17.8 Å². The Morgan fingerprint density at radius 2 is 2.19 bits per heavy atom. The monoisotopic (exact) mass is 465 g/mol. The molecule has 1 aromatic rings. The average molecular weight is 466 g/mol. The van der Waals surface area contributed by atoms with Crippen molar-refractivity contribution in [2.24, 2.45) is 10.7 Å². The minimum Gasteiger partial charge on any atom is -0.480 e. The fourth-order valence-corrected chi connectivity index (χ4v) is 4.57. The lowest BCUT2D eigenvalue weighted by molar-refractivity contribution is -0.0884. The zero-order valence-corrected chi connectivity index (χ0v) is 18.8. The molecule has 172 valence electrons. The number of halogens is 2. The van der Waals surface area contributed by atoms with Crippen molar-refractivity contribution in [2.45, 2.75) is 37.6 Å². The molecule has 0 unspecified atom stereocenters. The Balaban J connectivity index is 1.94. The van der Waals surface area contributed by atoms with Crippen LogP contribution in [0.1, 0.15) is 30.8 Å². The van der Waals surface area contributed by atoms with Crippen LogP contribution in [0, 0.1) is 0 Å². The highest BCUT2D eigenvalue weighted by molar-refractivity contribution is 8.13. The lowest BCUT2D eigenvalue weighted by Crippen LogP contribution is -2.63. The van der Waals surface area contributed by atoms with Crippen LogP contribution in [-0.4, -0.2) is 57.8 Å². The molecule has 0 spiro atoms. The molecule has 0 bridgehead atoms. The van der Waals surface area contributed by atoms with Crippen LogP contribution in [0.15, 0.2) is 53.2 Å². The van der Waals surface area contributed by atoms with Crippen LogP contribution in [-0.2, 0) is 4.74 Å². The largest absolute Gasteiger partial charge is 0.480 e. The number of aliphatic imine (C=N–C) groups is 1. The van der Waals surface area contributed by atoms with Crippen LogP contribution >= 0.6 is 11.8 Å². The van der Waals surface area contributed by atoms with Gasteiger partial charge in [-0.2, -0.15) is 0 Å². The van der Waals surface area contributed by atoms with Gasteiger partial charge in [0.1, 0.15) is 11.2 Å². The Bertz CT molecular complexity index is 994. The number of aromatic nitrogens is 2. The standard InChI is InChI=1S/C21H25F2N5O3S/c1-12(21-10-31-14(3)7-20(21,23)11-32-19(24)28-21)5-15(6-13(2)22)27-18(29)16-8-26-17(30-4)9-25-16/h5-6,8-9,14H,1,7,10-11H2,2-4H3,(H2,24,28)(H,27,29)/b13-6+,15-5+/t14-,20+,21+/m0/s1. The van der Waals surface area contributed by atoms with Crippen molar-refractivity contribution in [3.63, 3.8) is 0 Å². The van der Waals surface area contributed by atoms with Gasteiger partial charge in [0.15, 0.2) is 10.8 Å². The smallest absolute Gasteiger partial charge is 0.275 e. The Morgan fingerprint density at radius 1 is 1.44 bits per heavy atom. The third-order valence-electron chi connectivity index (χ3n) is 5.22. The molecule has 8 nitrogen and oxygen atoms in total. The summed E-state index contributed by atoms with van der Waals surface area (Å²) < 4.78 is 40.5. The van der Waals surface area contributed by atoms with E-state index in [1.165, 1.54) is 32.5 Å². The molecule has 32 heavy (non-hydrogen) atoms. The van der Waals surface area contributed by atoms with Crippen molar-refractivity contribution < 1.29 is 23.0 Å². The number of alkyl halides is 1. The highest BCUT2D eigenvalue weighted by atomic mass is 32.2. The van der Waals surface area contributed by atoms with Crippen molar-refractivity contribution in [2.75, 3.05) is 19.5 Å². The van der Waals surface area contributed by atoms with Gasteiger partial charge in [0.05, 0.1) is 38.0 Å². The second kappa shape index (κ2) is 9.37. The molecule has 0 saturated carbocycles. The molecule has 3 atom stereocenters. The van der Waals surface area contributed by atoms with E-state index in [4.69, 9.17) is 15.2 Å². The topological polar surface area (TPSA) is 112 Å². The summed E-state index contributed by atoms with van der Waals surface area (Å²) in [6, 6.07) is 0. The Kier molecular flexibility index (Phi) is 6.99. The summed E-state index contributed by atoms with van der Waals surface area (Å²) >= 11 is 1.13. The molecular weight excluding hydrogens is 440 g/mol. The van der Waals surface area contributed by atoms with Crippen molar-refractivity contribution in [1.29, 1.82) is 0 Å². The fourth-order valence-electron chi connectivity index (χ4n) is 3.62. The van der Waals surface area contributed by atoms with Crippen LogP contribution in [0.2, 0.25) is 0 Å². The lowest BCUT2D eigenvalue weighted by atomic mass is 9.72. The number of carbonyl (C=O) groups is 1. The van der Waals surface area contributed by atoms with Gasteiger partial charge in [-0.1, -0.05) is 18.3 Å². The normalized spacial score (nSPS) is 28.4. The molecule has 11 heteroatoms. The van der Waals surface area contributed by atoms with E-state index in [1.54, 1.807) is 6.92 Å². The van der Waals surface area contributed by atoms with Crippen LogP contribution in [0.5, 0.6) is 5.88 Å². The van der Waals surface area contributed by atoms with Crippen LogP contribution in [0.4, 0.5) is 8.78 Å². The van der Waals surface area contributed by atoms with Crippen LogP contribution in [0.25, 0.3) is 0 Å². The minimum absolute atomic E-state index is 0.0172. The maximum atomic E-state index is 16.1. The number of nitrogens with one attached hydrogen (secondary N) is 1. The number of rotatable bonds is 6.